The maximum Gasteiger partial charge on any atom is 0.161 e. The first-order chi connectivity index (χ1) is 6.68. The molecule has 0 aliphatic heterocycles. The van der Waals surface area contributed by atoms with Gasteiger partial charge in [0.1, 0.15) is 5.75 Å². The first kappa shape index (κ1) is 8.90. The zero-order valence-electron chi connectivity index (χ0n) is 7.14. The lowest BCUT2D eigenvalue weighted by atomic mass is 10.1. The smallest absolute Gasteiger partial charge is 0.161 e. The van der Waals surface area contributed by atoms with E-state index >= 15 is 0 Å². The van der Waals surface area contributed by atoms with E-state index in [4.69, 9.17) is 5.11 Å². The van der Waals surface area contributed by atoms with Gasteiger partial charge in [-0.2, -0.15) is 0 Å². The molecular formula is C10H8O3S. The van der Waals surface area contributed by atoms with E-state index in [1.807, 2.05) is 17.5 Å². The fourth-order valence-electron chi connectivity index (χ4n) is 1.19. The lowest BCUT2D eigenvalue weighted by Crippen LogP contribution is -1.76. The second-order valence-electron chi connectivity index (χ2n) is 2.84. The molecule has 2 rings (SSSR count). The molecule has 0 fully saturated rings. The zero-order valence-corrected chi connectivity index (χ0v) is 7.95. The van der Waals surface area contributed by atoms with Gasteiger partial charge in [0.25, 0.3) is 0 Å². The minimum Gasteiger partial charge on any atom is -0.507 e. The third-order valence-electron chi connectivity index (χ3n) is 1.88. The molecule has 4 heteroatoms. The van der Waals surface area contributed by atoms with Crippen molar-refractivity contribution in [2.45, 2.75) is 0 Å². The Morgan fingerprint density at radius 2 is 1.64 bits per heavy atom. The van der Waals surface area contributed by atoms with Gasteiger partial charge in [0.2, 0.25) is 0 Å². The number of phenols is 3. The van der Waals surface area contributed by atoms with Gasteiger partial charge >= 0.3 is 0 Å². The Morgan fingerprint density at radius 3 is 2.29 bits per heavy atom. The molecule has 0 atom stereocenters. The summed E-state index contributed by atoms with van der Waals surface area (Å²) >= 11 is 1.45. The minimum absolute atomic E-state index is 0.0391. The molecule has 0 unspecified atom stereocenters. The van der Waals surface area contributed by atoms with Crippen molar-refractivity contribution in [3.05, 3.63) is 29.6 Å². The Labute approximate surface area is 84.5 Å². The largest absolute Gasteiger partial charge is 0.507 e. The SMILES string of the molecule is Oc1cc(O)c(-c2cccs2)cc1O. The van der Waals surface area contributed by atoms with Crippen LogP contribution in [0.1, 0.15) is 0 Å². The van der Waals surface area contributed by atoms with Gasteiger partial charge < -0.3 is 15.3 Å². The van der Waals surface area contributed by atoms with Crippen LogP contribution in [0, 0.1) is 0 Å². The van der Waals surface area contributed by atoms with Gasteiger partial charge in [-0.3, -0.25) is 0 Å². The first-order valence-electron chi connectivity index (χ1n) is 3.97. The Hall–Kier alpha value is -1.68. The number of aromatic hydroxyl groups is 3. The number of thiophene rings is 1. The molecule has 0 aliphatic carbocycles. The molecule has 0 radical (unpaired) electrons. The number of rotatable bonds is 1. The standard InChI is InChI=1S/C10H8O3S/c11-7-5-9(13)8(12)4-6(7)10-2-1-3-14-10/h1-5,11-13H. The first-order valence-corrected chi connectivity index (χ1v) is 4.85. The van der Waals surface area contributed by atoms with Crippen LogP contribution in [0.25, 0.3) is 10.4 Å². The quantitative estimate of drug-likeness (QED) is 0.498. The lowest BCUT2D eigenvalue weighted by molar-refractivity contribution is 0.397. The second kappa shape index (κ2) is 3.23. The summed E-state index contributed by atoms with van der Waals surface area (Å²) < 4.78 is 0. The number of hydrogen-bond acceptors (Lipinski definition) is 4. The molecule has 1 aromatic carbocycles. The molecule has 1 aromatic heterocycles. The van der Waals surface area contributed by atoms with Gasteiger partial charge in [-0.15, -0.1) is 11.3 Å². The lowest BCUT2D eigenvalue weighted by Gasteiger charge is -2.04. The normalized spacial score (nSPS) is 10.3. The van der Waals surface area contributed by atoms with E-state index in [2.05, 4.69) is 0 Å². The molecule has 0 saturated carbocycles. The van der Waals surface area contributed by atoms with E-state index in [-0.39, 0.29) is 17.2 Å². The molecule has 0 amide bonds. The van der Waals surface area contributed by atoms with Crippen LogP contribution in [0.2, 0.25) is 0 Å². The van der Waals surface area contributed by atoms with Gasteiger partial charge in [-0.05, 0) is 17.5 Å². The van der Waals surface area contributed by atoms with E-state index in [9.17, 15) is 10.2 Å². The second-order valence-corrected chi connectivity index (χ2v) is 3.78. The summed E-state index contributed by atoms with van der Waals surface area (Å²) in [7, 11) is 0. The van der Waals surface area contributed by atoms with Crippen molar-refractivity contribution in [3.63, 3.8) is 0 Å². The fraction of sp³-hybridized carbons (Fsp3) is 0. The molecule has 0 spiro atoms. The van der Waals surface area contributed by atoms with Gasteiger partial charge in [-0.1, -0.05) is 6.07 Å². The zero-order chi connectivity index (χ0) is 10.1. The summed E-state index contributed by atoms with van der Waals surface area (Å²) in [6.45, 7) is 0. The van der Waals surface area contributed by atoms with Crippen molar-refractivity contribution in [3.8, 4) is 27.7 Å². The van der Waals surface area contributed by atoms with Crippen molar-refractivity contribution < 1.29 is 15.3 Å². The average molecular weight is 208 g/mol. The van der Waals surface area contributed by atoms with Crippen LogP contribution in [0.4, 0.5) is 0 Å². The molecule has 0 aliphatic rings. The highest BCUT2D eigenvalue weighted by Crippen LogP contribution is 2.39. The Morgan fingerprint density at radius 1 is 0.929 bits per heavy atom. The van der Waals surface area contributed by atoms with E-state index in [0.29, 0.717) is 5.56 Å². The summed E-state index contributed by atoms with van der Waals surface area (Å²) in [5.41, 5.74) is 0.523. The number of hydrogen-bond donors (Lipinski definition) is 3. The van der Waals surface area contributed by atoms with E-state index in [1.54, 1.807) is 0 Å². The summed E-state index contributed by atoms with van der Waals surface area (Å²) in [4.78, 5) is 0.845. The van der Waals surface area contributed by atoms with Gasteiger partial charge in [0.05, 0.1) is 0 Å². The van der Waals surface area contributed by atoms with Crippen molar-refractivity contribution in [2.75, 3.05) is 0 Å². The van der Waals surface area contributed by atoms with Crippen molar-refractivity contribution >= 4 is 11.3 Å². The van der Waals surface area contributed by atoms with Crippen LogP contribution in [0.3, 0.4) is 0 Å². The summed E-state index contributed by atoms with van der Waals surface area (Å²) in [6, 6.07) is 6.15. The van der Waals surface area contributed by atoms with Crippen LogP contribution in [0.5, 0.6) is 17.2 Å². The highest BCUT2D eigenvalue weighted by Gasteiger charge is 2.09. The van der Waals surface area contributed by atoms with Crippen molar-refractivity contribution in [1.82, 2.24) is 0 Å². The molecule has 0 saturated heterocycles. The van der Waals surface area contributed by atoms with Crippen molar-refractivity contribution in [2.24, 2.45) is 0 Å². The fourth-order valence-corrected chi connectivity index (χ4v) is 1.95. The maximum absolute atomic E-state index is 9.52. The molecule has 14 heavy (non-hydrogen) atoms. The Balaban J connectivity index is 2.60. The predicted molar refractivity (Wildman–Crippen MR) is 54.7 cm³/mol. The van der Waals surface area contributed by atoms with Crippen LogP contribution >= 0.6 is 11.3 Å². The molecule has 3 N–H and O–H groups in total. The topological polar surface area (TPSA) is 60.7 Å². The summed E-state index contributed by atoms with van der Waals surface area (Å²) in [5, 5.41) is 29.8. The molecule has 2 aromatic rings. The van der Waals surface area contributed by atoms with Gasteiger partial charge in [0, 0.05) is 16.5 Å². The van der Waals surface area contributed by atoms with Gasteiger partial charge in [-0.25, -0.2) is 0 Å². The third-order valence-corrected chi connectivity index (χ3v) is 2.78. The monoisotopic (exact) mass is 208 g/mol. The van der Waals surface area contributed by atoms with Crippen LogP contribution < -0.4 is 0 Å². The molecule has 1 heterocycles. The van der Waals surface area contributed by atoms with Crippen molar-refractivity contribution in [1.29, 1.82) is 0 Å². The average Bonchev–Trinajstić information content (AvgIpc) is 2.64. The minimum atomic E-state index is -0.317. The molecule has 0 bridgehead atoms. The molecular weight excluding hydrogens is 200 g/mol. The molecule has 3 nitrogen and oxygen atoms in total. The third kappa shape index (κ3) is 1.40. The summed E-state index contributed by atoms with van der Waals surface area (Å²) in [6.07, 6.45) is 0. The van der Waals surface area contributed by atoms with Crippen LogP contribution in [-0.4, -0.2) is 15.3 Å². The maximum atomic E-state index is 9.52. The Kier molecular flexibility index (Phi) is 2.05. The highest BCUT2D eigenvalue weighted by atomic mass is 32.1. The number of phenolic OH excluding ortho intramolecular Hbond substituents is 3. The highest BCUT2D eigenvalue weighted by molar-refractivity contribution is 7.13. The van der Waals surface area contributed by atoms with E-state index in [1.165, 1.54) is 17.4 Å². The van der Waals surface area contributed by atoms with E-state index < -0.39 is 0 Å². The van der Waals surface area contributed by atoms with E-state index in [0.717, 1.165) is 10.9 Å². The molecule has 72 valence electrons. The van der Waals surface area contributed by atoms with Gasteiger partial charge in [0.15, 0.2) is 11.5 Å². The predicted octanol–water partition coefficient (Wildman–Crippen LogP) is 2.53. The van der Waals surface area contributed by atoms with Crippen LogP contribution in [-0.2, 0) is 0 Å². The number of benzene rings is 1. The summed E-state index contributed by atoms with van der Waals surface area (Å²) in [5.74, 6) is -0.586. The van der Waals surface area contributed by atoms with Crippen LogP contribution in [0.15, 0.2) is 29.6 Å². The Bertz CT molecular complexity index is 449.